The van der Waals surface area contributed by atoms with Crippen molar-refractivity contribution in [3.63, 3.8) is 0 Å². The van der Waals surface area contributed by atoms with E-state index in [-0.39, 0.29) is 24.3 Å². The van der Waals surface area contributed by atoms with Crippen LogP contribution in [0.1, 0.15) is 19.8 Å². The molecule has 2 atom stereocenters. The monoisotopic (exact) mass is 335 g/mol. The first-order chi connectivity index (χ1) is 11.5. The summed E-state index contributed by atoms with van der Waals surface area (Å²) in [6, 6.07) is 5.43. The van der Waals surface area contributed by atoms with Gasteiger partial charge in [0.2, 0.25) is 11.8 Å². The van der Waals surface area contributed by atoms with E-state index in [4.69, 9.17) is 9.47 Å². The smallest absolute Gasteiger partial charge is 0.243 e. The number of amides is 2. The van der Waals surface area contributed by atoms with E-state index in [1.807, 2.05) is 0 Å². The van der Waals surface area contributed by atoms with Gasteiger partial charge in [-0.15, -0.1) is 0 Å². The molecule has 1 fully saturated rings. The number of benzene rings is 1. The lowest BCUT2D eigenvalue weighted by molar-refractivity contribution is -0.128. The molecule has 1 aliphatic heterocycles. The van der Waals surface area contributed by atoms with Crippen LogP contribution < -0.4 is 25.4 Å². The molecule has 2 rings (SSSR count). The molecular weight excluding hydrogens is 310 g/mol. The molecular formula is C17H25N3O4. The third kappa shape index (κ3) is 5.13. The maximum atomic E-state index is 12.1. The molecule has 0 aliphatic carbocycles. The Bertz CT molecular complexity index is 569. The number of carbonyl (C=O) groups is 2. The van der Waals surface area contributed by atoms with Gasteiger partial charge in [0.05, 0.1) is 20.8 Å². The molecule has 0 radical (unpaired) electrons. The highest BCUT2D eigenvalue weighted by atomic mass is 16.5. The van der Waals surface area contributed by atoms with Crippen LogP contribution in [-0.4, -0.2) is 45.2 Å². The molecule has 1 aliphatic rings. The van der Waals surface area contributed by atoms with Crippen LogP contribution in [0.4, 0.5) is 5.69 Å². The minimum atomic E-state index is -0.291. The molecule has 132 valence electrons. The van der Waals surface area contributed by atoms with E-state index in [1.54, 1.807) is 32.4 Å². The summed E-state index contributed by atoms with van der Waals surface area (Å²) < 4.78 is 10.3. The van der Waals surface area contributed by atoms with Crippen LogP contribution in [0.25, 0.3) is 0 Å². The molecule has 0 bridgehead atoms. The highest BCUT2D eigenvalue weighted by molar-refractivity contribution is 5.95. The van der Waals surface area contributed by atoms with Crippen LogP contribution >= 0.6 is 0 Å². The lowest BCUT2D eigenvalue weighted by Gasteiger charge is -2.27. The summed E-state index contributed by atoms with van der Waals surface area (Å²) in [7, 11) is 3.08. The first-order valence-corrected chi connectivity index (χ1v) is 8.06. The number of nitrogens with one attached hydrogen (secondary N) is 3. The van der Waals surface area contributed by atoms with Gasteiger partial charge in [0, 0.05) is 35.8 Å². The summed E-state index contributed by atoms with van der Waals surface area (Å²) in [6.45, 7) is 2.83. The van der Waals surface area contributed by atoms with Crippen molar-refractivity contribution in [2.75, 3.05) is 32.6 Å². The van der Waals surface area contributed by atoms with Crippen LogP contribution in [0.3, 0.4) is 0 Å². The first kappa shape index (κ1) is 18.1. The van der Waals surface area contributed by atoms with Crippen molar-refractivity contribution in [3.05, 3.63) is 18.2 Å². The molecule has 7 heteroatoms. The zero-order valence-electron chi connectivity index (χ0n) is 14.3. The predicted molar refractivity (Wildman–Crippen MR) is 91.4 cm³/mol. The molecule has 24 heavy (non-hydrogen) atoms. The Balaban J connectivity index is 1.85. The topological polar surface area (TPSA) is 88.7 Å². The number of piperidine rings is 1. The van der Waals surface area contributed by atoms with Gasteiger partial charge in [0.15, 0.2) is 0 Å². The van der Waals surface area contributed by atoms with Crippen molar-refractivity contribution >= 4 is 17.5 Å². The zero-order valence-corrected chi connectivity index (χ0v) is 14.3. The van der Waals surface area contributed by atoms with Crippen LogP contribution in [0.15, 0.2) is 18.2 Å². The molecule has 0 spiro atoms. The van der Waals surface area contributed by atoms with E-state index in [0.29, 0.717) is 23.2 Å². The second-order valence-corrected chi connectivity index (χ2v) is 5.94. The Kier molecular flexibility index (Phi) is 6.43. The third-order valence-corrected chi connectivity index (χ3v) is 4.05. The van der Waals surface area contributed by atoms with E-state index in [9.17, 15) is 9.59 Å². The fourth-order valence-corrected chi connectivity index (χ4v) is 2.77. The number of rotatable bonds is 6. The Morgan fingerprint density at radius 3 is 2.46 bits per heavy atom. The molecule has 1 aromatic rings. The number of carbonyl (C=O) groups excluding carboxylic acids is 2. The van der Waals surface area contributed by atoms with Gasteiger partial charge in [0.25, 0.3) is 0 Å². The van der Waals surface area contributed by atoms with Gasteiger partial charge in [-0.2, -0.15) is 0 Å². The van der Waals surface area contributed by atoms with Crippen LogP contribution in [0.5, 0.6) is 11.5 Å². The lowest BCUT2D eigenvalue weighted by atomic mass is 9.92. The number of hydrogen-bond donors (Lipinski definition) is 3. The molecule has 1 saturated heterocycles. The summed E-state index contributed by atoms with van der Waals surface area (Å²) >= 11 is 0. The average Bonchev–Trinajstić information content (AvgIpc) is 2.59. The number of ether oxygens (including phenoxy) is 2. The van der Waals surface area contributed by atoms with Crippen LogP contribution in [0, 0.1) is 5.92 Å². The van der Waals surface area contributed by atoms with E-state index in [1.165, 1.54) is 0 Å². The Labute approximate surface area is 142 Å². The van der Waals surface area contributed by atoms with Crippen molar-refractivity contribution in [1.82, 2.24) is 10.6 Å². The predicted octanol–water partition coefficient (Wildman–Crippen LogP) is 1.15. The average molecular weight is 335 g/mol. The molecule has 3 N–H and O–H groups in total. The van der Waals surface area contributed by atoms with Gasteiger partial charge in [-0.3, -0.25) is 9.59 Å². The van der Waals surface area contributed by atoms with Gasteiger partial charge >= 0.3 is 0 Å². The van der Waals surface area contributed by atoms with E-state index >= 15 is 0 Å². The van der Waals surface area contributed by atoms with Gasteiger partial charge in [-0.1, -0.05) is 0 Å². The first-order valence-electron chi connectivity index (χ1n) is 8.06. The maximum absolute atomic E-state index is 12.1. The van der Waals surface area contributed by atoms with Gasteiger partial charge < -0.3 is 25.4 Å². The summed E-state index contributed by atoms with van der Waals surface area (Å²) in [6.07, 6.45) is 1.59. The van der Waals surface area contributed by atoms with Gasteiger partial charge in [0.1, 0.15) is 11.5 Å². The van der Waals surface area contributed by atoms with E-state index in [2.05, 4.69) is 22.9 Å². The fourth-order valence-electron chi connectivity index (χ4n) is 2.77. The Morgan fingerprint density at radius 2 is 1.88 bits per heavy atom. The van der Waals surface area contributed by atoms with Crippen molar-refractivity contribution in [2.45, 2.75) is 25.8 Å². The molecule has 0 unspecified atom stereocenters. The maximum Gasteiger partial charge on any atom is 0.243 e. The summed E-state index contributed by atoms with van der Waals surface area (Å²) in [5.74, 6) is 0.767. The number of anilines is 1. The standard InChI is InChI=1S/C17H25N3O4/c1-11-6-12(4-5-18-11)17(22)19-10-16(21)20-13-7-14(23-2)9-15(8-13)24-3/h7-9,11-12,18H,4-6,10H2,1-3H3,(H,19,22)(H,20,21)/t11-,12-/m0/s1. The Hall–Kier alpha value is -2.28. The SMILES string of the molecule is COc1cc(NC(=O)CNC(=O)[C@H]2CCN[C@@H](C)C2)cc(OC)c1. The third-order valence-electron chi connectivity index (χ3n) is 4.05. The molecule has 2 amide bonds. The van der Waals surface area contributed by atoms with Crippen LogP contribution in [-0.2, 0) is 9.59 Å². The largest absolute Gasteiger partial charge is 0.497 e. The fraction of sp³-hybridized carbons (Fsp3) is 0.529. The summed E-state index contributed by atoms with van der Waals surface area (Å²) in [5.41, 5.74) is 0.556. The molecule has 7 nitrogen and oxygen atoms in total. The quantitative estimate of drug-likeness (QED) is 0.726. The Morgan fingerprint density at radius 1 is 1.21 bits per heavy atom. The molecule has 1 heterocycles. The lowest BCUT2D eigenvalue weighted by Crippen LogP contribution is -2.44. The van der Waals surface area contributed by atoms with Gasteiger partial charge in [-0.05, 0) is 26.3 Å². The molecule has 0 saturated carbocycles. The molecule has 0 aromatic heterocycles. The zero-order chi connectivity index (χ0) is 17.5. The molecule has 1 aromatic carbocycles. The van der Waals surface area contributed by atoms with E-state index in [0.717, 1.165) is 19.4 Å². The van der Waals surface area contributed by atoms with Gasteiger partial charge in [-0.25, -0.2) is 0 Å². The van der Waals surface area contributed by atoms with Crippen LogP contribution in [0.2, 0.25) is 0 Å². The second kappa shape index (κ2) is 8.54. The highest BCUT2D eigenvalue weighted by Crippen LogP contribution is 2.25. The normalized spacial score (nSPS) is 20.1. The number of hydrogen-bond acceptors (Lipinski definition) is 5. The number of methoxy groups -OCH3 is 2. The summed E-state index contributed by atoms with van der Waals surface area (Å²) in [5, 5.41) is 8.74. The minimum Gasteiger partial charge on any atom is -0.497 e. The second-order valence-electron chi connectivity index (χ2n) is 5.94. The van der Waals surface area contributed by atoms with Crippen molar-refractivity contribution in [3.8, 4) is 11.5 Å². The van der Waals surface area contributed by atoms with Crippen molar-refractivity contribution < 1.29 is 19.1 Å². The minimum absolute atomic E-state index is 0.0361. The van der Waals surface area contributed by atoms with E-state index < -0.39 is 0 Å². The highest BCUT2D eigenvalue weighted by Gasteiger charge is 2.24. The van der Waals surface area contributed by atoms with Crippen molar-refractivity contribution in [2.24, 2.45) is 5.92 Å². The summed E-state index contributed by atoms with van der Waals surface area (Å²) in [4.78, 5) is 24.2. The van der Waals surface area contributed by atoms with Crippen molar-refractivity contribution in [1.29, 1.82) is 0 Å².